The van der Waals surface area contributed by atoms with Crippen molar-refractivity contribution in [1.82, 2.24) is 14.8 Å². The van der Waals surface area contributed by atoms with Crippen molar-refractivity contribution in [2.45, 2.75) is 58.6 Å². The van der Waals surface area contributed by atoms with Gasteiger partial charge >= 0.3 is 5.97 Å². The van der Waals surface area contributed by atoms with Crippen LogP contribution in [0.15, 0.2) is 54.7 Å². The summed E-state index contributed by atoms with van der Waals surface area (Å²) >= 11 is 0. The van der Waals surface area contributed by atoms with E-state index in [2.05, 4.69) is 23.7 Å². The number of carbonyl (C=O) groups excluding carboxylic acids is 3. The molecule has 2 aliphatic heterocycles. The standard InChI is InChI=1S/C32H38N4O4/c1-20(2)40-31(39)25-18-36(19-32(3,4)27-24-10-5-6-11-26(24)34-28(25)27)30(38)23-9-7-8-21(16-23)17-35-14-12-22(13-15-35)29(33)37/h5-11,16,18,20,22,34H,12-15,17,19H2,1-4H3,(H2,33,37). The minimum absolute atomic E-state index is 0.0596. The highest BCUT2D eigenvalue weighted by molar-refractivity contribution is 6.18. The third-order valence-corrected chi connectivity index (χ3v) is 7.90. The lowest BCUT2D eigenvalue weighted by molar-refractivity contribution is -0.140. The highest BCUT2D eigenvalue weighted by atomic mass is 16.5. The lowest BCUT2D eigenvalue weighted by Crippen LogP contribution is -2.38. The monoisotopic (exact) mass is 542 g/mol. The molecular formula is C32H38N4O4. The lowest BCUT2D eigenvalue weighted by atomic mass is 9.81. The van der Waals surface area contributed by atoms with E-state index in [0.29, 0.717) is 29.9 Å². The molecule has 0 unspecified atom stereocenters. The molecule has 2 aromatic carbocycles. The first-order valence-electron chi connectivity index (χ1n) is 14.0. The van der Waals surface area contributed by atoms with Gasteiger partial charge in [0, 0.05) is 47.1 Å². The largest absolute Gasteiger partial charge is 0.459 e. The van der Waals surface area contributed by atoms with E-state index in [1.54, 1.807) is 11.1 Å². The van der Waals surface area contributed by atoms with Crippen LogP contribution >= 0.6 is 0 Å². The average Bonchev–Trinajstić information content (AvgIpc) is 3.25. The van der Waals surface area contributed by atoms with Crippen molar-refractivity contribution in [3.63, 3.8) is 0 Å². The first kappa shape index (κ1) is 27.6. The first-order valence-corrected chi connectivity index (χ1v) is 14.0. The van der Waals surface area contributed by atoms with Gasteiger partial charge in [-0.15, -0.1) is 0 Å². The molecule has 2 aliphatic rings. The molecule has 5 rings (SSSR count). The van der Waals surface area contributed by atoms with Crippen LogP contribution in [-0.2, 0) is 26.3 Å². The molecule has 1 saturated heterocycles. The van der Waals surface area contributed by atoms with Crippen molar-refractivity contribution in [1.29, 1.82) is 0 Å². The molecule has 0 radical (unpaired) electrons. The molecule has 8 nitrogen and oxygen atoms in total. The summed E-state index contributed by atoms with van der Waals surface area (Å²) < 4.78 is 5.63. The van der Waals surface area contributed by atoms with E-state index in [-0.39, 0.29) is 23.8 Å². The summed E-state index contributed by atoms with van der Waals surface area (Å²) in [6, 6.07) is 15.6. The molecule has 1 aromatic heterocycles. The number of nitrogens with one attached hydrogen (secondary N) is 1. The fraction of sp³-hybridized carbons (Fsp3) is 0.406. The Labute approximate surface area is 235 Å². The molecule has 0 spiro atoms. The van der Waals surface area contributed by atoms with Gasteiger partial charge in [0.15, 0.2) is 0 Å². The molecule has 0 saturated carbocycles. The number of carbonyl (C=O) groups is 3. The van der Waals surface area contributed by atoms with E-state index in [4.69, 9.17) is 10.5 Å². The number of ether oxygens (including phenoxy) is 1. The number of piperidine rings is 1. The third kappa shape index (κ3) is 5.54. The van der Waals surface area contributed by atoms with Crippen LogP contribution in [0.25, 0.3) is 16.5 Å². The van der Waals surface area contributed by atoms with Crippen LogP contribution in [0, 0.1) is 5.92 Å². The van der Waals surface area contributed by atoms with Crippen molar-refractivity contribution < 1.29 is 19.1 Å². The van der Waals surface area contributed by atoms with E-state index in [1.165, 1.54) is 0 Å². The Morgan fingerprint density at radius 1 is 1.07 bits per heavy atom. The van der Waals surface area contributed by atoms with Crippen molar-refractivity contribution in [2.75, 3.05) is 19.6 Å². The van der Waals surface area contributed by atoms with Crippen LogP contribution in [0.4, 0.5) is 0 Å². The molecule has 3 N–H and O–H groups in total. The number of nitrogens with zero attached hydrogens (tertiary/aromatic N) is 2. The van der Waals surface area contributed by atoms with Gasteiger partial charge in [-0.25, -0.2) is 4.79 Å². The number of primary amides is 1. The lowest BCUT2D eigenvalue weighted by Gasteiger charge is -2.31. The van der Waals surface area contributed by atoms with E-state index >= 15 is 0 Å². The fourth-order valence-corrected chi connectivity index (χ4v) is 5.98. The van der Waals surface area contributed by atoms with Gasteiger partial charge in [-0.3, -0.25) is 14.5 Å². The number of hydrogen-bond acceptors (Lipinski definition) is 5. The molecule has 0 aliphatic carbocycles. The van der Waals surface area contributed by atoms with E-state index in [1.807, 2.05) is 62.4 Å². The van der Waals surface area contributed by atoms with Crippen molar-refractivity contribution in [2.24, 2.45) is 11.7 Å². The van der Waals surface area contributed by atoms with E-state index in [9.17, 15) is 14.4 Å². The Morgan fingerprint density at radius 3 is 2.50 bits per heavy atom. The summed E-state index contributed by atoms with van der Waals surface area (Å²) in [5.41, 5.74) is 9.59. The normalized spacial score (nSPS) is 17.8. The second kappa shape index (κ2) is 10.9. The number of esters is 1. The number of hydrogen-bond donors (Lipinski definition) is 2. The predicted molar refractivity (Wildman–Crippen MR) is 155 cm³/mol. The number of likely N-dealkylation sites (tertiary alicyclic amines) is 1. The molecule has 210 valence electrons. The first-order chi connectivity index (χ1) is 19.0. The third-order valence-electron chi connectivity index (χ3n) is 7.90. The quantitative estimate of drug-likeness (QED) is 0.443. The van der Waals surface area contributed by atoms with E-state index in [0.717, 1.165) is 48.0 Å². The average molecular weight is 543 g/mol. The van der Waals surface area contributed by atoms with Crippen LogP contribution in [-0.4, -0.2) is 58.3 Å². The molecule has 40 heavy (non-hydrogen) atoms. The van der Waals surface area contributed by atoms with Crippen molar-refractivity contribution in [3.8, 4) is 0 Å². The minimum Gasteiger partial charge on any atom is -0.459 e. The van der Waals surface area contributed by atoms with Crippen molar-refractivity contribution >= 4 is 34.3 Å². The van der Waals surface area contributed by atoms with Gasteiger partial charge in [0.05, 0.1) is 17.4 Å². The molecule has 0 atom stereocenters. The summed E-state index contributed by atoms with van der Waals surface area (Å²) in [7, 11) is 0. The van der Waals surface area contributed by atoms with Crippen LogP contribution in [0.2, 0.25) is 0 Å². The van der Waals surface area contributed by atoms with Crippen LogP contribution in [0.3, 0.4) is 0 Å². The van der Waals surface area contributed by atoms with Gasteiger partial charge in [0.2, 0.25) is 5.91 Å². The highest BCUT2D eigenvalue weighted by Crippen LogP contribution is 2.40. The van der Waals surface area contributed by atoms with Gasteiger partial charge in [-0.1, -0.05) is 44.2 Å². The molecule has 3 heterocycles. The fourth-order valence-electron chi connectivity index (χ4n) is 5.98. The van der Waals surface area contributed by atoms with Crippen molar-refractivity contribution in [3.05, 3.63) is 77.1 Å². The number of rotatable bonds is 6. The summed E-state index contributed by atoms with van der Waals surface area (Å²) in [6.07, 6.45) is 2.86. The van der Waals surface area contributed by atoms with Gasteiger partial charge in [-0.05, 0) is 69.1 Å². The second-order valence-electron chi connectivity index (χ2n) is 11.9. The zero-order valence-corrected chi connectivity index (χ0v) is 23.7. The molecular weight excluding hydrogens is 504 g/mol. The van der Waals surface area contributed by atoms with Gasteiger partial charge in [-0.2, -0.15) is 0 Å². The maximum absolute atomic E-state index is 14.0. The zero-order chi connectivity index (χ0) is 28.6. The Hall–Kier alpha value is -3.91. The molecule has 8 heteroatoms. The number of aromatic amines is 1. The molecule has 0 bridgehead atoms. The maximum atomic E-state index is 14.0. The van der Waals surface area contributed by atoms with Crippen LogP contribution < -0.4 is 5.73 Å². The minimum atomic E-state index is -0.466. The number of para-hydroxylation sites is 1. The zero-order valence-electron chi connectivity index (χ0n) is 23.7. The summed E-state index contributed by atoms with van der Waals surface area (Å²) in [4.78, 5) is 46.3. The number of amides is 2. The van der Waals surface area contributed by atoms with Crippen LogP contribution in [0.1, 0.15) is 67.7 Å². The summed E-state index contributed by atoms with van der Waals surface area (Å²) in [5.74, 6) is -0.926. The Kier molecular flexibility index (Phi) is 7.55. The summed E-state index contributed by atoms with van der Waals surface area (Å²) in [5, 5.41) is 1.03. The maximum Gasteiger partial charge on any atom is 0.342 e. The Balaban J connectivity index is 1.46. The Morgan fingerprint density at radius 2 is 1.80 bits per heavy atom. The predicted octanol–water partition coefficient (Wildman–Crippen LogP) is 4.59. The van der Waals surface area contributed by atoms with Crippen LogP contribution in [0.5, 0.6) is 0 Å². The number of fused-ring (bicyclic) bond motifs is 3. The molecule has 3 aromatic rings. The van der Waals surface area contributed by atoms with Gasteiger partial charge in [0.1, 0.15) is 0 Å². The van der Waals surface area contributed by atoms with Gasteiger partial charge < -0.3 is 20.4 Å². The Bertz CT molecular complexity index is 1480. The van der Waals surface area contributed by atoms with E-state index < -0.39 is 11.4 Å². The molecule has 2 amide bonds. The second-order valence-corrected chi connectivity index (χ2v) is 11.9. The number of nitrogens with two attached hydrogens (primary N) is 1. The number of benzene rings is 2. The number of H-pyrrole nitrogens is 1. The summed E-state index contributed by atoms with van der Waals surface area (Å²) in [6.45, 7) is 10.5. The highest BCUT2D eigenvalue weighted by Gasteiger charge is 2.37. The SMILES string of the molecule is CC(C)OC(=O)C1=CN(C(=O)c2cccc(CN3CCC(C(N)=O)CC3)c2)CC(C)(C)c2c1[nH]c1ccccc21. The van der Waals surface area contributed by atoms with Gasteiger partial charge in [0.25, 0.3) is 5.91 Å². The molecule has 1 fully saturated rings. The number of aromatic nitrogens is 1. The smallest absolute Gasteiger partial charge is 0.342 e. The topological polar surface area (TPSA) is 109 Å².